The minimum Gasteiger partial charge on any atom is -0.326 e. The third-order valence-corrected chi connectivity index (χ3v) is 5.53. The van der Waals surface area contributed by atoms with Gasteiger partial charge >= 0.3 is 0 Å². The number of benzene rings is 2. The number of sulfonamides is 1. The molecule has 1 unspecified atom stereocenters. The van der Waals surface area contributed by atoms with E-state index in [9.17, 15) is 13.2 Å². The van der Waals surface area contributed by atoms with Gasteiger partial charge < -0.3 is 5.32 Å². The van der Waals surface area contributed by atoms with Gasteiger partial charge in [0.2, 0.25) is 15.9 Å². The highest BCUT2D eigenvalue weighted by molar-refractivity contribution is 7.89. The van der Waals surface area contributed by atoms with Gasteiger partial charge in [-0.25, -0.2) is 13.1 Å². The summed E-state index contributed by atoms with van der Waals surface area (Å²) >= 11 is 0. The molecule has 0 aliphatic rings. The van der Waals surface area contributed by atoms with E-state index in [1.165, 1.54) is 12.1 Å². The molecule has 0 fully saturated rings. The van der Waals surface area contributed by atoms with E-state index in [1.807, 2.05) is 37.3 Å². The van der Waals surface area contributed by atoms with E-state index in [4.69, 9.17) is 0 Å². The Labute approximate surface area is 155 Å². The lowest BCUT2D eigenvalue weighted by molar-refractivity contribution is -0.117. The SMILES string of the molecule is CCC(C(=O)Nc1cccc(S(=O)(=O)NC(C)(C)C)c1)c1ccccc1. The van der Waals surface area contributed by atoms with Gasteiger partial charge in [-0.2, -0.15) is 0 Å². The van der Waals surface area contributed by atoms with E-state index < -0.39 is 15.6 Å². The van der Waals surface area contributed by atoms with Crippen LogP contribution in [0.3, 0.4) is 0 Å². The number of nitrogens with one attached hydrogen (secondary N) is 2. The summed E-state index contributed by atoms with van der Waals surface area (Å²) in [4.78, 5) is 12.8. The average Bonchev–Trinajstić information content (AvgIpc) is 2.54. The Hall–Kier alpha value is -2.18. The molecule has 2 aromatic rings. The summed E-state index contributed by atoms with van der Waals surface area (Å²) in [7, 11) is -3.66. The molecule has 2 aromatic carbocycles. The van der Waals surface area contributed by atoms with E-state index in [1.54, 1.807) is 32.9 Å². The van der Waals surface area contributed by atoms with Gasteiger partial charge in [0.05, 0.1) is 10.8 Å². The van der Waals surface area contributed by atoms with Crippen molar-refractivity contribution in [1.82, 2.24) is 4.72 Å². The molecule has 0 aliphatic carbocycles. The largest absolute Gasteiger partial charge is 0.326 e. The van der Waals surface area contributed by atoms with Gasteiger partial charge in [-0.3, -0.25) is 4.79 Å². The fourth-order valence-electron chi connectivity index (χ4n) is 2.69. The summed E-state index contributed by atoms with van der Waals surface area (Å²) in [5, 5.41) is 2.84. The smallest absolute Gasteiger partial charge is 0.241 e. The van der Waals surface area contributed by atoms with Crippen molar-refractivity contribution in [3.8, 4) is 0 Å². The van der Waals surface area contributed by atoms with Crippen molar-refractivity contribution < 1.29 is 13.2 Å². The summed E-state index contributed by atoms with van der Waals surface area (Å²) in [5.74, 6) is -0.443. The normalized spacial score (nSPS) is 13.2. The van der Waals surface area contributed by atoms with Gasteiger partial charge in [-0.1, -0.05) is 43.3 Å². The Bertz CT molecular complexity index is 856. The molecule has 140 valence electrons. The van der Waals surface area contributed by atoms with Crippen molar-refractivity contribution in [3.63, 3.8) is 0 Å². The molecule has 1 amide bonds. The Morgan fingerprint density at radius 3 is 2.27 bits per heavy atom. The van der Waals surface area contributed by atoms with Crippen LogP contribution in [-0.4, -0.2) is 19.9 Å². The molecule has 2 N–H and O–H groups in total. The first kappa shape index (κ1) is 20.1. The summed E-state index contributed by atoms with van der Waals surface area (Å²) in [5.41, 5.74) is 0.811. The minimum atomic E-state index is -3.66. The van der Waals surface area contributed by atoms with Crippen molar-refractivity contribution in [2.24, 2.45) is 0 Å². The number of rotatable bonds is 6. The van der Waals surface area contributed by atoms with Crippen molar-refractivity contribution in [2.75, 3.05) is 5.32 Å². The Morgan fingerprint density at radius 2 is 1.69 bits per heavy atom. The molecule has 0 aliphatic heterocycles. The van der Waals surface area contributed by atoms with Crippen LogP contribution in [0.5, 0.6) is 0 Å². The molecule has 0 saturated heterocycles. The van der Waals surface area contributed by atoms with E-state index in [0.29, 0.717) is 12.1 Å². The standard InChI is InChI=1S/C20H26N2O3S/c1-5-18(15-10-7-6-8-11-15)19(23)21-16-12-9-13-17(14-16)26(24,25)22-20(2,3)4/h6-14,18,22H,5H2,1-4H3,(H,21,23). The number of amides is 1. The van der Waals surface area contributed by atoms with Crippen molar-refractivity contribution in [1.29, 1.82) is 0 Å². The first-order valence-electron chi connectivity index (χ1n) is 8.62. The molecular weight excluding hydrogens is 348 g/mol. The summed E-state index contributed by atoms with van der Waals surface area (Å²) in [6.45, 7) is 7.29. The highest BCUT2D eigenvalue weighted by atomic mass is 32.2. The number of hydrogen-bond acceptors (Lipinski definition) is 3. The summed E-state index contributed by atoms with van der Waals surface area (Å²) in [6, 6.07) is 15.8. The van der Waals surface area contributed by atoms with Crippen LogP contribution in [0.4, 0.5) is 5.69 Å². The van der Waals surface area contributed by atoms with E-state index in [-0.39, 0.29) is 16.7 Å². The minimum absolute atomic E-state index is 0.123. The second kappa shape index (κ2) is 8.01. The van der Waals surface area contributed by atoms with Crippen LogP contribution in [0.15, 0.2) is 59.5 Å². The highest BCUT2D eigenvalue weighted by Gasteiger charge is 2.23. The molecule has 0 radical (unpaired) electrons. The maximum atomic E-state index is 12.7. The van der Waals surface area contributed by atoms with Crippen LogP contribution in [0.1, 0.15) is 45.6 Å². The van der Waals surface area contributed by atoms with Crippen LogP contribution >= 0.6 is 0 Å². The summed E-state index contributed by atoms with van der Waals surface area (Å²) < 4.78 is 27.6. The third-order valence-electron chi connectivity index (χ3n) is 3.78. The molecule has 1 atom stereocenters. The maximum Gasteiger partial charge on any atom is 0.241 e. The number of carbonyl (C=O) groups excluding carboxylic acids is 1. The van der Waals surface area contributed by atoms with Crippen LogP contribution in [0.2, 0.25) is 0 Å². The average molecular weight is 375 g/mol. The zero-order valence-corrected chi connectivity index (χ0v) is 16.4. The van der Waals surface area contributed by atoms with Crippen LogP contribution in [0, 0.1) is 0 Å². The Kier molecular flexibility index (Phi) is 6.21. The Morgan fingerprint density at radius 1 is 1.04 bits per heavy atom. The lowest BCUT2D eigenvalue weighted by Gasteiger charge is -2.21. The fraction of sp³-hybridized carbons (Fsp3) is 0.350. The van der Waals surface area contributed by atoms with Crippen LogP contribution in [0.25, 0.3) is 0 Å². The second-order valence-corrected chi connectivity index (χ2v) is 8.93. The fourth-order valence-corrected chi connectivity index (χ4v) is 4.15. The monoisotopic (exact) mass is 374 g/mol. The van der Waals surface area contributed by atoms with Crippen molar-refractivity contribution in [2.45, 2.75) is 50.5 Å². The molecule has 0 bridgehead atoms. The second-order valence-electron chi connectivity index (χ2n) is 7.24. The van der Waals surface area contributed by atoms with Gasteiger partial charge in [-0.05, 0) is 51.0 Å². The lowest BCUT2D eigenvalue weighted by Crippen LogP contribution is -2.40. The van der Waals surface area contributed by atoms with E-state index in [0.717, 1.165) is 5.56 Å². The predicted molar refractivity (Wildman–Crippen MR) is 105 cm³/mol. The van der Waals surface area contributed by atoms with Crippen molar-refractivity contribution >= 4 is 21.6 Å². The highest BCUT2D eigenvalue weighted by Crippen LogP contribution is 2.23. The lowest BCUT2D eigenvalue weighted by atomic mass is 9.95. The molecule has 0 aromatic heterocycles. The first-order valence-corrected chi connectivity index (χ1v) is 10.1. The van der Waals surface area contributed by atoms with Crippen molar-refractivity contribution in [3.05, 3.63) is 60.2 Å². The number of hydrogen-bond donors (Lipinski definition) is 2. The zero-order valence-electron chi connectivity index (χ0n) is 15.6. The van der Waals surface area contributed by atoms with E-state index >= 15 is 0 Å². The molecule has 6 heteroatoms. The van der Waals surface area contributed by atoms with E-state index in [2.05, 4.69) is 10.0 Å². The molecular formula is C20H26N2O3S. The maximum absolute atomic E-state index is 12.7. The van der Waals surface area contributed by atoms with Gasteiger partial charge in [0.1, 0.15) is 0 Å². The summed E-state index contributed by atoms with van der Waals surface area (Å²) in [6.07, 6.45) is 0.652. The molecule has 0 heterocycles. The van der Waals surface area contributed by atoms with Gasteiger partial charge in [-0.15, -0.1) is 0 Å². The first-order chi connectivity index (χ1) is 12.1. The zero-order chi connectivity index (χ0) is 19.4. The van der Waals surface area contributed by atoms with Crippen LogP contribution in [-0.2, 0) is 14.8 Å². The quantitative estimate of drug-likeness (QED) is 0.805. The molecule has 5 nitrogen and oxygen atoms in total. The van der Waals surface area contributed by atoms with Crippen LogP contribution < -0.4 is 10.0 Å². The topological polar surface area (TPSA) is 75.3 Å². The predicted octanol–water partition coefficient (Wildman–Crippen LogP) is 3.90. The molecule has 0 saturated carbocycles. The molecule has 0 spiro atoms. The van der Waals surface area contributed by atoms with Gasteiger partial charge in [0.25, 0.3) is 0 Å². The Balaban J connectivity index is 2.21. The number of carbonyl (C=O) groups is 1. The van der Waals surface area contributed by atoms with Gasteiger partial charge in [0, 0.05) is 11.2 Å². The van der Waals surface area contributed by atoms with Gasteiger partial charge in [0.15, 0.2) is 0 Å². The molecule has 2 rings (SSSR count). The third kappa shape index (κ3) is 5.41. The molecule has 26 heavy (non-hydrogen) atoms. The number of anilines is 1.